The number of aromatic nitrogens is 1. The van der Waals surface area contributed by atoms with Gasteiger partial charge in [-0.1, -0.05) is 38.8 Å². The summed E-state index contributed by atoms with van der Waals surface area (Å²) in [6.45, 7) is 4.35. The Kier molecular flexibility index (Phi) is 6.09. The second-order valence-electron chi connectivity index (χ2n) is 10.6. The van der Waals surface area contributed by atoms with Crippen LogP contribution in [0.3, 0.4) is 0 Å². The van der Waals surface area contributed by atoms with Gasteiger partial charge in [-0.15, -0.1) is 0 Å². The molecule has 0 aliphatic heterocycles. The molecule has 0 spiro atoms. The topological polar surface area (TPSA) is 33.1 Å². The van der Waals surface area contributed by atoms with Gasteiger partial charge in [-0.2, -0.15) is 24.5 Å². The van der Waals surface area contributed by atoms with Gasteiger partial charge in [0.25, 0.3) is 0 Å². The molecule has 2 aliphatic rings. The lowest BCUT2D eigenvalue weighted by Gasteiger charge is -2.37. The summed E-state index contributed by atoms with van der Waals surface area (Å²) < 4.78 is 39.4. The lowest BCUT2D eigenvalue weighted by Crippen LogP contribution is -2.28. The van der Waals surface area contributed by atoms with Gasteiger partial charge in [-0.25, -0.2) is 0 Å². The Labute approximate surface area is 202 Å². The monoisotopic (exact) mass is 485 g/mol. The van der Waals surface area contributed by atoms with E-state index in [9.17, 15) is 18.3 Å². The smallest absolute Gasteiger partial charge is 0.388 e. The van der Waals surface area contributed by atoms with Crippen LogP contribution in [0.1, 0.15) is 91.6 Å². The first-order chi connectivity index (χ1) is 16.1. The molecule has 1 atom stereocenters. The maximum atomic E-state index is 13.1. The third-order valence-electron chi connectivity index (χ3n) is 7.39. The molecule has 3 aromatic rings. The van der Waals surface area contributed by atoms with Crippen LogP contribution in [0.2, 0.25) is 0 Å². The highest BCUT2D eigenvalue weighted by Gasteiger charge is 2.37. The number of hydrogen-bond donors (Lipinski definition) is 1. The van der Waals surface area contributed by atoms with Gasteiger partial charge in [-0.05, 0) is 88.7 Å². The van der Waals surface area contributed by atoms with Crippen molar-refractivity contribution in [1.82, 2.24) is 4.98 Å². The van der Waals surface area contributed by atoms with E-state index >= 15 is 0 Å². The predicted octanol–water partition coefficient (Wildman–Crippen LogP) is 8.08. The lowest BCUT2D eigenvalue weighted by atomic mass is 9.71. The quantitative estimate of drug-likeness (QED) is 0.405. The average molecular weight is 486 g/mol. The Hall–Kier alpha value is -2.18. The summed E-state index contributed by atoms with van der Waals surface area (Å²) in [4.78, 5) is 5.23. The van der Waals surface area contributed by atoms with E-state index < -0.39 is 17.8 Å². The van der Waals surface area contributed by atoms with E-state index in [4.69, 9.17) is 4.98 Å². The molecule has 2 aliphatic carbocycles. The third-order valence-corrected chi connectivity index (χ3v) is 8.07. The van der Waals surface area contributed by atoms with Gasteiger partial charge < -0.3 is 5.11 Å². The SMILES string of the molecule is CC1(C)Cc2nc(C3CCCC3)c(Cc3ccc(C(F)(F)F)cc3)c(-c3ccsc3)c2[C@@H](O)C1. The average Bonchev–Trinajstić information content (AvgIpc) is 3.47. The Morgan fingerprint density at radius 3 is 2.41 bits per heavy atom. The Morgan fingerprint density at radius 1 is 1.09 bits per heavy atom. The minimum absolute atomic E-state index is 0.0345. The summed E-state index contributed by atoms with van der Waals surface area (Å²) in [5.74, 6) is 0.356. The number of thiophene rings is 1. The standard InChI is InChI=1S/C28H30F3NOS/c1-27(2)14-22-25(23(33)15-27)24(19-11-12-34-16-19)21(26(32-22)18-5-3-4-6-18)13-17-7-9-20(10-8-17)28(29,30)31/h7-12,16,18,23,33H,3-6,13-15H2,1-2H3/t23-/m0/s1. The largest absolute Gasteiger partial charge is 0.416 e. The molecule has 1 N–H and O–H groups in total. The molecule has 0 unspecified atom stereocenters. The van der Waals surface area contributed by atoms with Gasteiger partial charge in [0, 0.05) is 22.9 Å². The zero-order valence-corrected chi connectivity index (χ0v) is 20.4. The molecular formula is C28H30F3NOS. The summed E-state index contributed by atoms with van der Waals surface area (Å²) >= 11 is 1.62. The van der Waals surface area contributed by atoms with E-state index in [1.165, 1.54) is 12.8 Å². The molecule has 0 saturated heterocycles. The molecule has 5 rings (SSSR count). The van der Waals surface area contributed by atoms with Crippen molar-refractivity contribution in [2.45, 2.75) is 77.0 Å². The van der Waals surface area contributed by atoms with Crippen LogP contribution < -0.4 is 0 Å². The number of alkyl halides is 3. The van der Waals surface area contributed by atoms with Crippen LogP contribution in [-0.2, 0) is 19.0 Å². The van der Waals surface area contributed by atoms with Crippen molar-refractivity contribution in [3.63, 3.8) is 0 Å². The second kappa shape index (κ2) is 8.80. The molecule has 180 valence electrons. The van der Waals surface area contributed by atoms with Crippen LogP contribution in [-0.4, -0.2) is 10.1 Å². The zero-order valence-electron chi connectivity index (χ0n) is 19.6. The summed E-state index contributed by atoms with van der Waals surface area (Å²) in [7, 11) is 0. The summed E-state index contributed by atoms with van der Waals surface area (Å²) in [5.41, 5.74) is 6.35. The lowest BCUT2D eigenvalue weighted by molar-refractivity contribution is -0.137. The van der Waals surface area contributed by atoms with E-state index in [1.54, 1.807) is 23.5 Å². The van der Waals surface area contributed by atoms with E-state index in [0.29, 0.717) is 18.8 Å². The summed E-state index contributed by atoms with van der Waals surface area (Å²) in [6, 6.07) is 7.58. The number of benzene rings is 1. The van der Waals surface area contributed by atoms with Crippen molar-refractivity contribution >= 4 is 11.3 Å². The second-order valence-corrected chi connectivity index (χ2v) is 11.4. The number of nitrogens with zero attached hydrogens (tertiary/aromatic N) is 1. The molecule has 1 saturated carbocycles. The van der Waals surface area contributed by atoms with Crippen molar-refractivity contribution in [2.75, 3.05) is 0 Å². The number of aliphatic hydroxyl groups is 1. The Bertz CT molecular complexity index is 1160. The van der Waals surface area contributed by atoms with Crippen LogP contribution in [0, 0.1) is 5.41 Å². The fourth-order valence-corrected chi connectivity index (χ4v) is 6.47. The third kappa shape index (κ3) is 4.55. The number of halogens is 3. The van der Waals surface area contributed by atoms with Gasteiger partial charge >= 0.3 is 6.18 Å². The minimum atomic E-state index is -4.35. The molecule has 1 aromatic carbocycles. The highest BCUT2D eigenvalue weighted by Crippen LogP contribution is 2.48. The van der Waals surface area contributed by atoms with E-state index in [2.05, 4.69) is 25.3 Å². The van der Waals surface area contributed by atoms with Crippen LogP contribution in [0.25, 0.3) is 11.1 Å². The first-order valence-corrected chi connectivity index (χ1v) is 13.0. The fraction of sp³-hybridized carbons (Fsp3) is 0.464. The number of rotatable bonds is 4. The van der Waals surface area contributed by atoms with Crippen LogP contribution in [0.4, 0.5) is 13.2 Å². The molecule has 1 fully saturated rings. The van der Waals surface area contributed by atoms with E-state index in [1.807, 2.05) is 5.38 Å². The molecule has 0 radical (unpaired) electrons. The Morgan fingerprint density at radius 2 is 1.79 bits per heavy atom. The van der Waals surface area contributed by atoms with Gasteiger partial charge in [0.1, 0.15) is 0 Å². The molecule has 2 nitrogen and oxygen atoms in total. The van der Waals surface area contributed by atoms with Gasteiger partial charge in [0.15, 0.2) is 0 Å². The highest BCUT2D eigenvalue weighted by molar-refractivity contribution is 7.08. The number of pyridine rings is 1. The van der Waals surface area contributed by atoms with Crippen LogP contribution in [0.15, 0.2) is 41.1 Å². The van der Waals surface area contributed by atoms with Crippen molar-refractivity contribution in [3.8, 4) is 11.1 Å². The van der Waals surface area contributed by atoms with Crippen LogP contribution in [0.5, 0.6) is 0 Å². The number of hydrogen-bond acceptors (Lipinski definition) is 3. The first-order valence-electron chi connectivity index (χ1n) is 12.0. The van der Waals surface area contributed by atoms with Crippen LogP contribution >= 0.6 is 11.3 Å². The zero-order chi connectivity index (χ0) is 24.1. The molecule has 2 heterocycles. The molecule has 0 amide bonds. The van der Waals surface area contributed by atoms with E-state index in [0.717, 1.165) is 70.6 Å². The normalized spacial score (nSPS) is 20.5. The maximum Gasteiger partial charge on any atom is 0.416 e. The number of fused-ring (bicyclic) bond motifs is 1. The van der Waals surface area contributed by atoms with Gasteiger partial charge in [0.05, 0.1) is 11.7 Å². The van der Waals surface area contributed by atoms with Crippen molar-refractivity contribution < 1.29 is 18.3 Å². The fourth-order valence-electron chi connectivity index (χ4n) is 5.82. The maximum absolute atomic E-state index is 13.1. The number of aliphatic hydroxyl groups excluding tert-OH is 1. The summed E-state index contributed by atoms with van der Waals surface area (Å²) in [6.07, 6.45) is 1.55. The first kappa shape index (κ1) is 23.6. The molecule has 0 bridgehead atoms. The van der Waals surface area contributed by atoms with Crippen molar-refractivity contribution in [1.29, 1.82) is 0 Å². The molecule has 34 heavy (non-hydrogen) atoms. The van der Waals surface area contributed by atoms with Crippen molar-refractivity contribution in [3.05, 3.63) is 74.7 Å². The predicted molar refractivity (Wildman–Crippen MR) is 130 cm³/mol. The molecule has 2 aromatic heterocycles. The minimum Gasteiger partial charge on any atom is -0.388 e. The van der Waals surface area contributed by atoms with Gasteiger partial charge in [0.2, 0.25) is 0 Å². The van der Waals surface area contributed by atoms with E-state index in [-0.39, 0.29) is 5.41 Å². The molecular weight excluding hydrogens is 455 g/mol. The highest BCUT2D eigenvalue weighted by atomic mass is 32.1. The molecule has 6 heteroatoms. The van der Waals surface area contributed by atoms with Gasteiger partial charge in [-0.3, -0.25) is 4.98 Å². The Balaban J connectivity index is 1.69. The summed E-state index contributed by atoms with van der Waals surface area (Å²) in [5, 5.41) is 15.4. The van der Waals surface area contributed by atoms with Crippen molar-refractivity contribution in [2.24, 2.45) is 5.41 Å².